The minimum absolute atomic E-state index is 0.125. The summed E-state index contributed by atoms with van der Waals surface area (Å²) in [7, 11) is -2.60. The lowest BCUT2D eigenvalue weighted by atomic mass is 10.3. The molecule has 1 heterocycles. The van der Waals surface area contributed by atoms with Crippen LogP contribution in [0.5, 0.6) is 17.2 Å². The van der Waals surface area contributed by atoms with E-state index in [0.29, 0.717) is 5.75 Å². The Balaban J connectivity index is 2.45. The first-order valence-electron chi connectivity index (χ1n) is 5.62. The molecular weight excluding hydrogens is 355 g/mol. The van der Waals surface area contributed by atoms with Gasteiger partial charge in [0.25, 0.3) is 10.2 Å². The molecule has 1 aromatic heterocycles. The van der Waals surface area contributed by atoms with Gasteiger partial charge < -0.3 is 9.47 Å². The van der Waals surface area contributed by atoms with Gasteiger partial charge in [-0.2, -0.15) is 8.42 Å². The lowest BCUT2D eigenvalue weighted by Gasteiger charge is -2.13. The summed E-state index contributed by atoms with van der Waals surface area (Å²) in [4.78, 5) is 7.45. The van der Waals surface area contributed by atoms with Crippen LogP contribution >= 0.6 is 23.2 Å². The number of benzene rings is 1. The topological polar surface area (TPSA) is 116 Å². The van der Waals surface area contributed by atoms with Crippen LogP contribution in [0.3, 0.4) is 0 Å². The van der Waals surface area contributed by atoms with Gasteiger partial charge in [0.2, 0.25) is 5.75 Å². The van der Waals surface area contributed by atoms with Gasteiger partial charge in [0.15, 0.2) is 11.0 Å². The minimum atomic E-state index is -4.07. The number of hydrogen-bond donors (Lipinski definition) is 2. The van der Waals surface area contributed by atoms with Crippen LogP contribution in [0.1, 0.15) is 0 Å². The van der Waals surface area contributed by atoms with E-state index in [2.05, 4.69) is 9.97 Å². The van der Waals surface area contributed by atoms with E-state index in [9.17, 15) is 8.42 Å². The number of aromatic nitrogens is 2. The Morgan fingerprint density at radius 1 is 1.27 bits per heavy atom. The number of rotatable bonds is 5. The minimum Gasteiger partial charge on any atom is -0.497 e. The molecule has 0 amide bonds. The van der Waals surface area contributed by atoms with Crippen molar-refractivity contribution in [3.8, 4) is 17.2 Å². The summed E-state index contributed by atoms with van der Waals surface area (Å²) in [5.74, 6) is 0.290. The van der Waals surface area contributed by atoms with Gasteiger partial charge in [-0.25, -0.2) is 15.1 Å². The third-order valence-corrected chi connectivity index (χ3v) is 3.41. The van der Waals surface area contributed by atoms with E-state index in [-0.39, 0.29) is 27.5 Å². The zero-order valence-electron chi connectivity index (χ0n) is 11.1. The van der Waals surface area contributed by atoms with E-state index in [4.69, 9.17) is 37.8 Å². The lowest BCUT2D eigenvalue weighted by molar-refractivity contribution is 0.409. The van der Waals surface area contributed by atoms with Gasteiger partial charge in [-0.05, 0) is 12.1 Å². The fourth-order valence-corrected chi connectivity index (χ4v) is 2.19. The molecule has 0 atom stereocenters. The molecule has 0 radical (unpaired) electrons. The largest absolute Gasteiger partial charge is 0.497 e. The molecule has 0 saturated heterocycles. The van der Waals surface area contributed by atoms with Crippen LogP contribution in [-0.2, 0) is 10.2 Å². The standard InChI is InChI=1S/C11H10Cl2N4O4S/c1-20-6-2-3-7(12)8(4-6)21-9-10(13)15-5-16-11(9)17-22(14,18)19/h2-5H,1H3,(H2,14,18,19)(H,15,16,17). The van der Waals surface area contributed by atoms with Crippen molar-refractivity contribution in [2.45, 2.75) is 0 Å². The van der Waals surface area contributed by atoms with Crippen molar-refractivity contribution < 1.29 is 17.9 Å². The molecule has 0 saturated carbocycles. The maximum atomic E-state index is 11.1. The Kier molecular flexibility index (Phi) is 4.91. The number of hydrogen-bond acceptors (Lipinski definition) is 6. The highest BCUT2D eigenvalue weighted by Crippen LogP contribution is 2.38. The molecule has 3 N–H and O–H groups in total. The van der Waals surface area contributed by atoms with Crippen LogP contribution in [0.25, 0.3) is 0 Å². The van der Waals surface area contributed by atoms with Crippen molar-refractivity contribution in [3.05, 3.63) is 34.7 Å². The Labute approximate surface area is 136 Å². The van der Waals surface area contributed by atoms with Crippen LogP contribution in [0, 0.1) is 0 Å². The predicted octanol–water partition coefficient (Wildman–Crippen LogP) is 2.20. The van der Waals surface area contributed by atoms with Gasteiger partial charge in [0.05, 0.1) is 12.1 Å². The van der Waals surface area contributed by atoms with E-state index in [1.54, 1.807) is 12.1 Å². The fraction of sp³-hybridized carbons (Fsp3) is 0.0909. The molecule has 0 fully saturated rings. The summed E-state index contributed by atoms with van der Waals surface area (Å²) in [6, 6.07) is 4.66. The molecule has 0 aliphatic carbocycles. The van der Waals surface area contributed by atoms with Crippen LogP contribution in [-0.4, -0.2) is 25.5 Å². The lowest BCUT2D eigenvalue weighted by Crippen LogP contribution is -2.22. The zero-order valence-corrected chi connectivity index (χ0v) is 13.4. The molecule has 0 spiro atoms. The first-order chi connectivity index (χ1) is 10.3. The second-order valence-corrected chi connectivity index (χ2v) is 5.95. The number of halogens is 2. The third-order valence-electron chi connectivity index (χ3n) is 2.35. The van der Waals surface area contributed by atoms with E-state index < -0.39 is 10.2 Å². The molecule has 2 rings (SSSR count). The van der Waals surface area contributed by atoms with E-state index in [1.807, 2.05) is 4.72 Å². The molecule has 118 valence electrons. The van der Waals surface area contributed by atoms with Gasteiger partial charge in [0, 0.05) is 6.07 Å². The molecule has 0 unspecified atom stereocenters. The summed E-state index contributed by atoms with van der Waals surface area (Å²) in [5.41, 5.74) is 0. The summed E-state index contributed by atoms with van der Waals surface area (Å²) < 4.78 is 34.8. The quantitative estimate of drug-likeness (QED) is 0.785. The molecule has 8 nitrogen and oxygen atoms in total. The van der Waals surface area contributed by atoms with E-state index in [0.717, 1.165) is 6.33 Å². The smallest absolute Gasteiger partial charge is 0.297 e. The van der Waals surface area contributed by atoms with Crippen molar-refractivity contribution in [1.82, 2.24) is 9.97 Å². The summed E-state index contributed by atoms with van der Waals surface area (Å²) in [6.07, 6.45) is 1.05. The Hall–Kier alpha value is -1.81. The van der Waals surface area contributed by atoms with Gasteiger partial charge in [-0.1, -0.05) is 23.2 Å². The molecule has 2 aromatic rings. The van der Waals surface area contributed by atoms with Crippen molar-refractivity contribution in [2.75, 3.05) is 11.8 Å². The summed E-state index contributed by atoms with van der Waals surface area (Å²) >= 11 is 11.9. The Morgan fingerprint density at radius 2 is 2.00 bits per heavy atom. The van der Waals surface area contributed by atoms with Gasteiger partial charge in [-0.3, -0.25) is 4.72 Å². The zero-order chi connectivity index (χ0) is 16.3. The normalized spacial score (nSPS) is 11.1. The van der Waals surface area contributed by atoms with Crippen molar-refractivity contribution >= 4 is 39.2 Å². The number of nitrogens with two attached hydrogens (primary N) is 1. The summed E-state index contributed by atoms with van der Waals surface area (Å²) in [5, 5.41) is 5.04. The van der Waals surface area contributed by atoms with Crippen LogP contribution in [0.15, 0.2) is 24.5 Å². The molecule has 11 heteroatoms. The van der Waals surface area contributed by atoms with Crippen molar-refractivity contribution in [3.63, 3.8) is 0 Å². The number of anilines is 1. The van der Waals surface area contributed by atoms with Gasteiger partial charge in [0.1, 0.15) is 17.8 Å². The monoisotopic (exact) mass is 364 g/mol. The number of nitrogens with zero attached hydrogens (tertiary/aromatic N) is 2. The van der Waals surface area contributed by atoms with Crippen LogP contribution in [0.2, 0.25) is 10.2 Å². The van der Waals surface area contributed by atoms with Crippen LogP contribution < -0.4 is 19.3 Å². The molecule has 0 bridgehead atoms. The highest BCUT2D eigenvalue weighted by atomic mass is 35.5. The maximum absolute atomic E-state index is 11.1. The number of methoxy groups -OCH3 is 1. The average molecular weight is 365 g/mol. The first-order valence-corrected chi connectivity index (χ1v) is 7.93. The van der Waals surface area contributed by atoms with Crippen LogP contribution in [0.4, 0.5) is 5.82 Å². The highest BCUT2D eigenvalue weighted by Gasteiger charge is 2.17. The molecule has 1 aromatic carbocycles. The molecule has 22 heavy (non-hydrogen) atoms. The SMILES string of the molecule is COc1ccc(Cl)c(Oc2c(Cl)ncnc2NS(N)(=O)=O)c1. The van der Waals surface area contributed by atoms with Crippen molar-refractivity contribution in [2.24, 2.45) is 5.14 Å². The molecule has 0 aliphatic rings. The fourth-order valence-electron chi connectivity index (χ4n) is 1.45. The second kappa shape index (κ2) is 6.53. The Bertz CT molecular complexity index is 801. The maximum Gasteiger partial charge on any atom is 0.297 e. The first kappa shape index (κ1) is 16.6. The number of ether oxygens (including phenoxy) is 2. The second-order valence-electron chi connectivity index (χ2n) is 3.89. The Morgan fingerprint density at radius 3 is 2.64 bits per heavy atom. The number of nitrogens with one attached hydrogen (secondary N) is 1. The predicted molar refractivity (Wildman–Crippen MR) is 81.8 cm³/mol. The van der Waals surface area contributed by atoms with Gasteiger partial charge >= 0.3 is 0 Å². The highest BCUT2D eigenvalue weighted by molar-refractivity contribution is 7.90. The van der Waals surface area contributed by atoms with Crippen molar-refractivity contribution in [1.29, 1.82) is 0 Å². The molecule has 0 aliphatic heterocycles. The molecular formula is C11H10Cl2N4O4S. The average Bonchev–Trinajstić information content (AvgIpc) is 2.43. The summed E-state index contributed by atoms with van der Waals surface area (Å²) in [6.45, 7) is 0. The third kappa shape index (κ3) is 4.10. The van der Waals surface area contributed by atoms with E-state index >= 15 is 0 Å². The van der Waals surface area contributed by atoms with Gasteiger partial charge in [-0.15, -0.1) is 0 Å². The van der Waals surface area contributed by atoms with E-state index in [1.165, 1.54) is 13.2 Å².